The number of phenolic OH excluding ortho intramolecular Hbond substituents is 1. The van der Waals surface area contributed by atoms with E-state index in [4.69, 9.17) is 11.6 Å². The fourth-order valence-electron chi connectivity index (χ4n) is 2.39. The summed E-state index contributed by atoms with van der Waals surface area (Å²) in [5.74, 6) is -0.772. The molecule has 1 amide bonds. The maximum absolute atomic E-state index is 12.2. The van der Waals surface area contributed by atoms with Crippen molar-refractivity contribution in [2.24, 2.45) is 5.10 Å². The van der Waals surface area contributed by atoms with Gasteiger partial charge in [-0.3, -0.25) is 14.9 Å². The van der Waals surface area contributed by atoms with E-state index in [9.17, 15) is 20.0 Å². The van der Waals surface area contributed by atoms with Gasteiger partial charge in [-0.2, -0.15) is 5.10 Å². The lowest BCUT2D eigenvalue weighted by Crippen LogP contribution is -2.17. The molecule has 130 valence electrons. The summed E-state index contributed by atoms with van der Waals surface area (Å²) < 4.78 is 0. The molecule has 8 heteroatoms. The first kappa shape index (κ1) is 17.4. The van der Waals surface area contributed by atoms with E-state index in [1.165, 1.54) is 30.5 Å². The van der Waals surface area contributed by atoms with E-state index in [2.05, 4.69) is 10.5 Å². The summed E-state index contributed by atoms with van der Waals surface area (Å²) in [6.45, 7) is 0. The number of hydrazone groups is 1. The molecular formula is C18H12ClN3O4. The van der Waals surface area contributed by atoms with Crippen LogP contribution in [0.15, 0.2) is 59.7 Å². The highest BCUT2D eigenvalue weighted by Crippen LogP contribution is 2.25. The Hall–Kier alpha value is -3.45. The van der Waals surface area contributed by atoms with Gasteiger partial charge in [-0.25, -0.2) is 5.43 Å². The lowest BCUT2D eigenvalue weighted by Gasteiger charge is -2.05. The van der Waals surface area contributed by atoms with Gasteiger partial charge in [-0.05, 0) is 29.0 Å². The molecule has 2 N–H and O–H groups in total. The zero-order valence-corrected chi connectivity index (χ0v) is 14.0. The number of benzene rings is 3. The molecule has 0 radical (unpaired) electrons. The zero-order valence-electron chi connectivity index (χ0n) is 13.2. The van der Waals surface area contributed by atoms with Crippen molar-refractivity contribution in [3.63, 3.8) is 0 Å². The van der Waals surface area contributed by atoms with E-state index in [0.29, 0.717) is 5.56 Å². The number of carbonyl (C=O) groups is 1. The number of carbonyl (C=O) groups excluding carboxylic acids is 1. The van der Waals surface area contributed by atoms with Gasteiger partial charge in [0.1, 0.15) is 10.8 Å². The van der Waals surface area contributed by atoms with Gasteiger partial charge >= 0.3 is 0 Å². The highest BCUT2D eigenvalue weighted by atomic mass is 35.5. The first-order valence-corrected chi connectivity index (χ1v) is 7.82. The van der Waals surface area contributed by atoms with Gasteiger partial charge in [0, 0.05) is 11.6 Å². The number of nitro benzene ring substituents is 1. The lowest BCUT2D eigenvalue weighted by atomic mass is 10.1. The number of phenols is 1. The number of hydrogen-bond donors (Lipinski definition) is 2. The molecule has 0 aliphatic carbocycles. The molecule has 26 heavy (non-hydrogen) atoms. The number of amides is 1. The van der Waals surface area contributed by atoms with Crippen molar-refractivity contribution in [2.45, 2.75) is 0 Å². The molecule has 3 aromatic carbocycles. The van der Waals surface area contributed by atoms with Crippen LogP contribution in [0.5, 0.6) is 5.75 Å². The van der Waals surface area contributed by atoms with Crippen LogP contribution in [0.4, 0.5) is 5.69 Å². The molecule has 0 atom stereocenters. The summed E-state index contributed by atoms with van der Waals surface area (Å²) in [6, 6.07) is 14.5. The normalized spacial score (nSPS) is 11.0. The lowest BCUT2D eigenvalue weighted by molar-refractivity contribution is -0.384. The number of hydrogen-bond acceptors (Lipinski definition) is 5. The van der Waals surface area contributed by atoms with E-state index in [1.807, 2.05) is 24.3 Å². The highest BCUT2D eigenvalue weighted by Gasteiger charge is 2.13. The molecule has 0 aromatic heterocycles. The maximum Gasteiger partial charge on any atom is 0.288 e. The van der Waals surface area contributed by atoms with Gasteiger partial charge in [0.15, 0.2) is 0 Å². The Morgan fingerprint density at radius 3 is 2.54 bits per heavy atom. The van der Waals surface area contributed by atoms with Crippen molar-refractivity contribution >= 4 is 40.2 Å². The van der Waals surface area contributed by atoms with Crippen LogP contribution in [0.25, 0.3) is 10.8 Å². The molecule has 0 spiro atoms. The van der Waals surface area contributed by atoms with E-state index in [-0.39, 0.29) is 22.0 Å². The third-order valence-electron chi connectivity index (χ3n) is 3.66. The highest BCUT2D eigenvalue weighted by molar-refractivity contribution is 6.32. The van der Waals surface area contributed by atoms with E-state index in [1.54, 1.807) is 6.07 Å². The van der Waals surface area contributed by atoms with Gasteiger partial charge in [-0.15, -0.1) is 0 Å². The summed E-state index contributed by atoms with van der Waals surface area (Å²) in [4.78, 5) is 22.5. The number of nitro groups is 1. The summed E-state index contributed by atoms with van der Waals surface area (Å²) in [5.41, 5.74) is 2.49. The number of nitrogens with zero attached hydrogens (tertiary/aromatic N) is 2. The number of aromatic hydroxyl groups is 1. The van der Waals surface area contributed by atoms with Crippen molar-refractivity contribution in [2.75, 3.05) is 0 Å². The van der Waals surface area contributed by atoms with E-state index < -0.39 is 10.8 Å². The van der Waals surface area contributed by atoms with Crippen LogP contribution in [-0.4, -0.2) is 22.2 Å². The average Bonchev–Trinajstić information content (AvgIpc) is 2.62. The summed E-state index contributed by atoms with van der Waals surface area (Å²) in [5, 5.41) is 26.3. The van der Waals surface area contributed by atoms with Crippen LogP contribution in [0.1, 0.15) is 15.9 Å². The fourth-order valence-corrected chi connectivity index (χ4v) is 2.57. The molecule has 0 fully saturated rings. The number of halogens is 1. The summed E-state index contributed by atoms with van der Waals surface area (Å²) >= 11 is 5.74. The van der Waals surface area contributed by atoms with Crippen LogP contribution < -0.4 is 5.43 Å². The van der Waals surface area contributed by atoms with Crippen molar-refractivity contribution in [3.05, 3.63) is 80.9 Å². The van der Waals surface area contributed by atoms with Crippen LogP contribution in [-0.2, 0) is 0 Å². The van der Waals surface area contributed by atoms with E-state index in [0.717, 1.165) is 10.8 Å². The number of fused-ring (bicyclic) bond motifs is 1. The zero-order chi connectivity index (χ0) is 18.7. The molecule has 3 rings (SSSR count). The summed E-state index contributed by atoms with van der Waals surface area (Å²) in [7, 11) is 0. The molecule has 7 nitrogen and oxygen atoms in total. The standard InChI is InChI=1S/C18H12ClN3O4/c19-15-6-5-11(7-16(15)22(25)26)10-20-21-18(24)14-8-12-3-1-2-4-13(12)9-17(14)23/h1-10,23H,(H,21,24)/b20-10+. The fraction of sp³-hybridized carbons (Fsp3) is 0. The number of rotatable bonds is 4. The third kappa shape index (κ3) is 3.62. The maximum atomic E-state index is 12.2. The van der Waals surface area contributed by atoms with Crippen molar-refractivity contribution in [1.29, 1.82) is 0 Å². The Bertz CT molecular complexity index is 1050. The van der Waals surface area contributed by atoms with Gasteiger partial charge in [0.25, 0.3) is 11.6 Å². The molecule has 0 aliphatic rings. The van der Waals surface area contributed by atoms with Crippen molar-refractivity contribution in [1.82, 2.24) is 5.43 Å². The predicted molar refractivity (Wildman–Crippen MR) is 98.8 cm³/mol. The Labute approximate surface area is 152 Å². The number of nitrogens with one attached hydrogen (secondary N) is 1. The van der Waals surface area contributed by atoms with Gasteiger partial charge in [0.2, 0.25) is 0 Å². The Morgan fingerprint density at radius 1 is 1.15 bits per heavy atom. The minimum Gasteiger partial charge on any atom is -0.507 e. The molecule has 0 heterocycles. The molecule has 0 aliphatic heterocycles. The molecule has 0 unspecified atom stereocenters. The summed E-state index contributed by atoms with van der Waals surface area (Å²) in [6.07, 6.45) is 1.25. The third-order valence-corrected chi connectivity index (χ3v) is 3.97. The van der Waals surface area contributed by atoms with Crippen LogP contribution in [0.2, 0.25) is 5.02 Å². The van der Waals surface area contributed by atoms with E-state index >= 15 is 0 Å². The smallest absolute Gasteiger partial charge is 0.288 e. The first-order chi connectivity index (χ1) is 12.5. The molecule has 0 saturated heterocycles. The average molecular weight is 370 g/mol. The molecule has 0 saturated carbocycles. The van der Waals surface area contributed by atoms with Crippen LogP contribution in [0.3, 0.4) is 0 Å². The monoisotopic (exact) mass is 369 g/mol. The predicted octanol–water partition coefficient (Wildman–Crippen LogP) is 3.87. The van der Waals surface area contributed by atoms with Gasteiger partial charge < -0.3 is 5.11 Å². The van der Waals surface area contributed by atoms with Crippen LogP contribution >= 0.6 is 11.6 Å². The Morgan fingerprint density at radius 2 is 1.85 bits per heavy atom. The Kier molecular flexibility index (Phi) is 4.81. The van der Waals surface area contributed by atoms with Gasteiger partial charge in [0.05, 0.1) is 16.7 Å². The van der Waals surface area contributed by atoms with Crippen molar-refractivity contribution in [3.8, 4) is 5.75 Å². The second kappa shape index (κ2) is 7.20. The Balaban J connectivity index is 1.79. The quantitative estimate of drug-likeness (QED) is 0.413. The first-order valence-electron chi connectivity index (χ1n) is 7.45. The van der Waals surface area contributed by atoms with Crippen LogP contribution in [0, 0.1) is 10.1 Å². The second-order valence-corrected chi connectivity index (χ2v) is 5.79. The topological polar surface area (TPSA) is 105 Å². The molecule has 3 aromatic rings. The molecule has 0 bridgehead atoms. The second-order valence-electron chi connectivity index (χ2n) is 5.38. The minimum atomic E-state index is -0.606. The molecular weight excluding hydrogens is 358 g/mol. The minimum absolute atomic E-state index is 0.0114. The van der Waals surface area contributed by atoms with Crippen molar-refractivity contribution < 1.29 is 14.8 Å². The largest absolute Gasteiger partial charge is 0.507 e. The SMILES string of the molecule is O=C(N/N=C/c1ccc(Cl)c([N+](=O)[O-])c1)c1cc2ccccc2cc1O. The van der Waals surface area contributed by atoms with Gasteiger partial charge in [-0.1, -0.05) is 41.9 Å².